The SMILES string of the molecule is COC1C[N]C1. The fraction of sp³-hybridized carbons (Fsp3) is 1.00. The maximum absolute atomic E-state index is 4.89. The summed E-state index contributed by atoms with van der Waals surface area (Å²) in [5, 5.41) is 3.94. The molecule has 0 spiro atoms. The highest BCUT2D eigenvalue weighted by molar-refractivity contribution is 4.72. The summed E-state index contributed by atoms with van der Waals surface area (Å²) < 4.78 is 4.89. The van der Waals surface area contributed by atoms with Gasteiger partial charge in [-0.2, -0.15) is 0 Å². The fourth-order valence-corrected chi connectivity index (χ4v) is 0.384. The zero-order valence-electron chi connectivity index (χ0n) is 3.85. The number of methoxy groups -OCH3 is 1. The standard InChI is InChI=1S/C4H8NO/c1-6-4-2-5-3-4/h4H,2-3H2,1H3. The Morgan fingerprint density at radius 1 is 1.67 bits per heavy atom. The molecule has 0 unspecified atom stereocenters. The van der Waals surface area contributed by atoms with Gasteiger partial charge in [0.05, 0.1) is 6.10 Å². The predicted molar refractivity (Wildman–Crippen MR) is 22.7 cm³/mol. The van der Waals surface area contributed by atoms with Gasteiger partial charge in [0.25, 0.3) is 0 Å². The zero-order chi connectivity index (χ0) is 4.41. The lowest BCUT2D eigenvalue weighted by Gasteiger charge is -2.22. The average molecular weight is 86.1 g/mol. The van der Waals surface area contributed by atoms with Crippen LogP contribution in [0.15, 0.2) is 0 Å². The van der Waals surface area contributed by atoms with Crippen LogP contribution in [0.1, 0.15) is 0 Å². The van der Waals surface area contributed by atoms with E-state index in [9.17, 15) is 0 Å². The van der Waals surface area contributed by atoms with Gasteiger partial charge in [-0.05, 0) is 0 Å². The van der Waals surface area contributed by atoms with Crippen molar-refractivity contribution in [3.8, 4) is 0 Å². The molecule has 1 rings (SSSR count). The third kappa shape index (κ3) is 0.533. The van der Waals surface area contributed by atoms with Crippen molar-refractivity contribution in [2.24, 2.45) is 0 Å². The van der Waals surface area contributed by atoms with Crippen LogP contribution in [0.25, 0.3) is 0 Å². The molecule has 0 aromatic rings. The van der Waals surface area contributed by atoms with Crippen LogP contribution in [0.3, 0.4) is 0 Å². The molecule has 1 fully saturated rings. The van der Waals surface area contributed by atoms with E-state index in [0.717, 1.165) is 13.1 Å². The van der Waals surface area contributed by atoms with Gasteiger partial charge in [-0.15, -0.1) is 0 Å². The largest absolute Gasteiger partial charge is 0.379 e. The number of hydrogen-bond donors (Lipinski definition) is 0. The first-order valence-electron chi connectivity index (χ1n) is 2.09. The van der Waals surface area contributed by atoms with Crippen molar-refractivity contribution in [2.45, 2.75) is 6.10 Å². The third-order valence-corrected chi connectivity index (χ3v) is 0.999. The van der Waals surface area contributed by atoms with Crippen LogP contribution in [0, 0.1) is 0 Å². The van der Waals surface area contributed by atoms with Crippen molar-refractivity contribution in [1.29, 1.82) is 0 Å². The van der Waals surface area contributed by atoms with Gasteiger partial charge in [-0.1, -0.05) is 0 Å². The van der Waals surface area contributed by atoms with Crippen LogP contribution in [0.4, 0.5) is 0 Å². The molecule has 1 saturated heterocycles. The quantitative estimate of drug-likeness (QED) is 0.426. The Hall–Kier alpha value is -0.0800. The Morgan fingerprint density at radius 3 is 2.33 bits per heavy atom. The van der Waals surface area contributed by atoms with Crippen molar-refractivity contribution in [2.75, 3.05) is 20.2 Å². The van der Waals surface area contributed by atoms with Gasteiger partial charge >= 0.3 is 0 Å². The summed E-state index contributed by atoms with van der Waals surface area (Å²) in [5.41, 5.74) is 0. The first kappa shape index (κ1) is 4.09. The van der Waals surface area contributed by atoms with E-state index in [-0.39, 0.29) is 0 Å². The van der Waals surface area contributed by atoms with Crippen LogP contribution >= 0.6 is 0 Å². The first-order chi connectivity index (χ1) is 2.93. The van der Waals surface area contributed by atoms with Crippen molar-refractivity contribution in [1.82, 2.24) is 5.32 Å². The van der Waals surface area contributed by atoms with Gasteiger partial charge in [0, 0.05) is 20.2 Å². The van der Waals surface area contributed by atoms with Gasteiger partial charge in [0.15, 0.2) is 0 Å². The summed E-state index contributed by atoms with van der Waals surface area (Å²) in [6, 6.07) is 0. The molecule has 0 bridgehead atoms. The van der Waals surface area contributed by atoms with Gasteiger partial charge in [-0.25, -0.2) is 5.32 Å². The summed E-state index contributed by atoms with van der Waals surface area (Å²) in [5.74, 6) is 0. The molecule has 2 heteroatoms. The molecule has 0 aliphatic carbocycles. The van der Waals surface area contributed by atoms with Gasteiger partial charge in [0.2, 0.25) is 0 Å². The average Bonchev–Trinajstić information content (AvgIpc) is 1.31. The summed E-state index contributed by atoms with van der Waals surface area (Å²) in [7, 11) is 1.72. The van der Waals surface area contributed by atoms with Crippen molar-refractivity contribution in [3.63, 3.8) is 0 Å². The van der Waals surface area contributed by atoms with Crippen LogP contribution in [-0.2, 0) is 4.74 Å². The molecule has 6 heavy (non-hydrogen) atoms. The lowest BCUT2D eigenvalue weighted by Crippen LogP contribution is -2.42. The molecule has 1 heterocycles. The summed E-state index contributed by atoms with van der Waals surface area (Å²) >= 11 is 0. The van der Waals surface area contributed by atoms with E-state index in [0.29, 0.717) is 6.10 Å². The molecule has 0 N–H and O–H groups in total. The minimum atomic E-state index is 0.449. The Bertz CT molecular complexity index is 40.1. The molecule has 0 aromatic carbocycles. The lowest BCUT2D eigenvalue weighted by molar-refractivity contribution is 0.0575. The molecule has 0 atom stereocenters. The van der Waals surface area contributed by atoms with Crippen molar-refractivity contribution < 1.29 is 4.74 Å². The minimum Gasteiger partial charge on any atom is -0.379 e. The third-order valence-electron chi connectivity index (χ3n) is 0.999. The van der Waals surface area contributed by atoms with Crippen LogP contribution in [-0.4, -0.2) is 26.3 Å². The van der Waals surface area contributed by atoms with Crippen molar-refractivity contribution >= 4 is 0 Å². The highest BCUT2D eigenvalue weighted by Gasteiger charge is 2.15. The Morgan fingerprint density at radius 2 is 2.33 bits per heavy atom. The highest BCUT2D eigenvalue weighted by Crippen LogP contribution is 1.95. The monoisotopic (exact) mass is 86.1 g/mol. The maximum Gasteiger partial charge on any atom is 0.0853 e. The van der Waals surface area contributed by atoms with E-state index in [2.05, 4.69) is 5.32 Å². The second kappa shape index (κ2) is 1.58. The summed E-state index contributed by atoms with van der Waals surface area (Å²) in [6.45, 7) is 1.83. The molecule has 1 radical (unpaired) electrons. The Kier molecular flexibility index (Phi) is 1.08. The van der Waals surface area contributed by atoms with E-state index in [1.54, 1.807) is 7.11 Å². The number of ether oxygens (including phenoxy) is 1. The van der Waals surface area contributed by atoms with Gasteiger partial charge < -0.3 is 4.74 Å². The van der Waals surface area contributed by atoms with Gasteiger partial charge in [-0.3, -0.25) is 0 Å². The van der Waals surface area contributed by atoms with Crippen LogP contribution < -0.4 is 5.32 Å². The van der Waals surface area contributed by atoms with E-state index in [4.69, 9.17) is 4.74 Å². The molecule has 35 valence electrons. The number of rotatable bonds is 1. The predicted octanol–water partition coefficient (Wildman–Crippen LogP) is -0.381. The second-order valence-electron chi connectivity index (χ2n) is 1.45. The number of nitrogens with zero attached hydrogens (tertiary/aromatic N) is 1. The molecule has 0 saturated carbocycles. The molecule has 1 aliphatic rings. The molecule has 0 aromatic heterocycles. The van der Waals surface area contributed by atoms with Gasteiger partial charge in [0.1, 0.15) is 0 Å². The normalized spacial score (nSPS) is 23.5. The fourth-order valence-electron chi connectivity index (χ4n) is 0.384. The summed E-state index contributed by atoms with van der Waals surface area (Å²) in [4.78, 5) is 0. The Labute approximate surface area is 37.5 Å². The molecular formula is C4H8NO. The molecule has 2 nitrogen and oxygen atoms in total. The number of hydrogen-bond acceptors (Lipinski definition) is 1. The van der Waals surface area contributed by atoms with Crippen molar-refractivity contribution in [3.05, 3.63) is 0 Å². The van der Waals surface area contributed by atoms with E-state index >= 15 is 0 Å². The maximum atomic E-state index is 4.89. The molecular weight excluding hydrogens is 78.0 g/mol. The summed E-state index contributed by atoms with van der Waals surface area (Å²) in [6.07, 6.45) is 0.449. The van der Waals surface area contributed by atoms with Crippen LogP contribution in [0.5, 0.6) is 0 Å². The van der Waals surface area contributed by atoms with Crippen LogP contribution in [0.2, 0.25) is 0 Å². The molecule has 1 aliphatic heterocycles. The minimum absolute atomic E-state index is 0.449. The Balaban J connectivity index is 2.01. The van der Waals surface area contributed by atoms with E-state index < -0.39 is 0 Å². The first-order valence-corrected chi connectivity index (χ1v) is 2.09. The lowest BCUT2D eigenvalue weighted by atomic mass is 10.2. The highest BCUT2D eigenvalue weighted by atomic mass is 16.5. The van der Waals surface area contributed by atoms with E-state index in [1.807, 2.05) is 0 Å². The topological polar surface area (TPSA) is 23.3 Å². The second-order valence-corrected chi connectivity index (χ2v) is 1.45. The van der Waals surface area contributed by atoms with E-state index in [1.165, 1.54) is 0 Å². The smallest absolute Gasteiger partial charge is 0.0853 e. The molecule has 0 amide bonds. The zero-order valence-corrected chi connectivity index (χ0v) is 3.85.